The molecule has 0 aromatic heterocycles. The molecule has 88 valence electrons. The highest BCUT2D eigenvalue weighted by Gasteiger charge is 2.08. The molecule has 0 radical (unpaired) electrons. The number of hydrogen-bond acceptors (Lipinski definition) is 3. The first kappa shape index (κ1) is 12.4. The van der Waals surface area contributed by atoms with Crippen LogP contribution in [0.2, 0.25) is 0 Å². The standard InChI is InChI=1S/C12H17NO3/c1-4-13(9-14)10-6-7-11(16-5-2)12(8-10)15-3/h6-9H,4-5H2,1-3H3. The molecule has 0 aliphatic rings. The Morgan fingerprint density at radius 2 is 2.06 bits per heavy atom. The lowest BCUT2D eigenvalue weighted by Gasteiger charge is -2.17. The fourth-order valence-electron chi connectivity index (χ4n) is 1.43. The molecule has 0 unspecified atom stereocenters. The molecule has 0 bridgehead atoms. The first-order valence-electron chi connectivity index (χ1n) is 5.29. The lowest BCUT2D eigenvalue weighted by atomic mass is 10.2. The largest absolute Gasteiger partial charge is 0.493 e. The predicted molar refractivity (Wildman–Crippen MR) is 63.2 cm³/mol. The van der Waals surface area contributed by atoms with Crippen LogP contribution in [0.25, 0.3) is 0 Å². The van der Waals surface area contributed by atoms with Gasteiger partial charge in [0.05, 0.1) is 13.7 Å². The van der Waals surface area contributed by atoms with Crippen molar-refractivity contribution in [3.8, 4) is 11.5 Å². The third-order valence-electron chi connectivity index (χ3n) is 2.25. The van der Waals surface area contributed by atoms with Crippen LogP contribution in [-0.2, 0) is 4.79 Å². The number of carbonyl (C=O) groups is 1. The zero-order valence-electron chi connectivity index (χ0n) is 9.90. The van der Waals surface area contributed by atoms with Crippen molar-refractivity contribution in [2.75, 3.05) is 25.2 Å². The average Bonchev–Trinajstić information content (AvgIpc) is 2.32. The second-order valence-corrected chi connectivity index (χ2v) is 3.16. The lowest BCUT2D eigenvalue weighted by molar-refractivity contribution is -0.107. The van der Waals surface area contributed by atoms with E-state index in [1.807, 2.05) is 26.0 Å². The molecule has 0 spiro atoms. The maximum Gasteiger partial charge on any atom is 0.214 e. The molecule has 16 heavy (non-hydrogen) atoms. The van der Waals surface area contributed by atoms with Gasteiger partial charge in [0.25, 0.3) is 0 Å². The number of anilines is 1. The maximum absolute atomic E-state index is 10.8. The van der Waals surface area contributed by atoms with Gasteiger partial charge in [-0.15, -0.1) is 0 Å². The van der Waals surface area contributed by atoms with Gasteiger partial charge in [-0.2, -0.15) is 0 Å². The molecule has 0 heterocycles. The van der Waals surface area contributed by atoms with Crippen molar-refractivity contribution in [3.63, 3.8) is 0 Å². The van der Waals surface area contributed by atoms with E-state index >= 15 is 0 Å². The first-order chi connectivity index (χ1) is 7.76. The minimum Gasteiger partial charge on any atom is -0.493 e. The minimum absolute atomic E-state index is 0.584. The van der Waals surface area contributed by atoms with Crippen molar-refractivity contribution in [2.45, 2.75) is 13.8 Å². The van der Waals surface area contributed by atoms with Gasteiger partial charge in [0.1, 0.15) is 0 Å². The Bertz CT molecular complexity index is 352. The molecule has 1 aromatic carbocycles. The van der Waals surface area contributed by atoms with E-state index in [1.54, 1.807) is 18.1 Å². The Morgan fingerprint density at radius 1 is 1.31 bits per heavy atom. The number of carbonyl (C=O) groups excluding carboxylic acids is 1. The van der Waals surface area contributed by atoms with Crippen LogP contribution in [0, 0.1) is 0 Å². The Hall–Kier alpha value is -1.71. The second kappa shape index (κ2) is 6.00. The molecule has 0 fully saturated rings. The number of ether oxygens (including phenoxy) is 2. The first-order valence-corrected chi connectivity index (χ1v) is 5.29. The normalized spacial score (nSPS) is 9.69. The highest BCUT2D eigenvalue weighted by Crippen LogP contribution is 2.31. The van der Waals surface area contributed by atoms with Gasteiger partial charge in [-0.1, -0.05) is 0 Å². The lowest BCUT2D eigenvalue weighted by Crippen LogP contribution is -2.19. The van der Waals surface area contributed by atoms with Crippen molar-refractivity contribution < 1.29 is 14.3 Å². The minimum atomic E-state index is 0.584. The fraction of sp³-hybridized carbons (Fsp3) is 0.417. The van der Waals surface area contributed by atoms with Crippen molar-refractivity contribution in [1.82, 2.24) is 0 Å². The van der Waals surface area contributed by atoms with Crippen LogP contribution >= 0.6 is 0 Å². The van der Waals surface area contributed by atoms with Gasteiger partial charge >= 0.3 is 0 Å². The Balaban J connectivity index is 3.02. The van der Waals surface area contributed by atoms with Crippen LogP contribution < -0.4 is 14.4 Å². The summed E-state index contributed by atoms with van der Waals surface area (Å²) in [5, 5.41) is 0. The summed E-state index contributed by atoms with van der Waals surface area (Å²) in [5.74, 6) is 1.33. The molecule has 1 amide bonds. The fourth-order valence-corrected chi connectivity index (χ4v) is 1.43. The second-order valence-electron chi connectivity index (χ2n) is 3.16. The number of nitrogens with zero attached hydrogens (tertiary/aromatic N) is 1. The van der Waals surface area contributed by atoms with Crippen molar-refractivity contribution in [2.24, 2.45) is 0 Å². The average molecular weight is 223 g/mol. The molecule has 0 aliphatic carbocycles. The van der Waals surface area contributed by atoms with E-state index in [9.17, 15) is 4.79 Å². The molecule has 0 N–H and O–H groups in total. The molecule has 1 aromatic rings. The molecule has 0 aliphatic heterocycles. The Labute approximate surface area is 95.8 Å². The summed E-state index contributed by atoms with van der Waals surface area (Å²) in [6, 6.07) is 5.44. The summed E-state index contributed by atoms with van der Waals surface area (Å²) >= 11 is 0. The third kappa shape index (κ3) is 2.66. The zero-order valence-corrected chi connectivity index (χ0v) is 9.90. The van der Waals surface area contributed by atoms with Crippen LogP contribution in [0.4, 0.5) is 5.69 Å². The number of amides is 1. The smallest absolute Gasteiger partial charge is 0.214 e. The number of hydrogen-bond donors (Lipinski definition) is 0. The van der Waals surface area contributed by atoms with Crippen molar-refractivity contribution in [1.29, 1.82) is 0 Å². The molecule has 0 saturated heterocycles. The number of methoxy groups -OCH3 is 1. The van der Waals surface area contributed by atoms with Gasteiger partial charge in [-0.3, -0.25) is 4.79 Å². The van der Waals surface area contributed by atoms with E-state index in [1.165, 1.54) is 0 Å². The molecular weight excluding hydrogens is 206 g/mol. The van der Waals surface area contributed by atoms with E-state index in [0.717, 1.165) is 12.1 Å². The molecule has 1 rings (SSSR count). The van der Waals surface area contributed by atoms with Gasteiger partial charge in [-0.05, 0) is 26.0 Å². The summed E-state index contributed by atoms with van der Waals surface area (Å²) in [6.07, 6.45) is 0.801. The monoisotopic (exact) mass is 223 g/mol. The highest BCUT2D eigenvalue weighted by atomic mass is 16.5. The van der Waals surface area contributed by atoms with E-state index in [2.05, 4.69) is 0 Å². The Morgan fingerprint density at radius 3 is 2.56 bits per heavy atom. The van der Waals surface area contributed by atoms with E-state index in [0.29, 0.717) is 24.7 Å². The summed E-state index contributed by atoms with van der Waals surface area (Å²) < 4.78 is 10.6. The third-order valence-corrected chi connectivity index (χ3v) is 2.25. The van der Waals surface area contributed by atoms with Crippen molar-refractivity contribution >= 4 is 12.1 Å². The van der Waals surface area contributed by atoms with Gasteiger partial charge < -0.3 is 14.4 Å². The molecule has 4 heteroatoms. The maximum atomic E-state index is 10.8. The summed E-state index contributed by atoms with van der Waals surface area (Å²) in [7, 11) is 1.58. The van der Waals surface area contributed by atoms with Gasteiger partial charge in [-0.25, -0.2) is 0 Å². The van der Waals surface area contributed by atoms with E-state index in [4.69, 9.17) is 9.47 Å². The summed E-state index contributed by atoms with van der Waals surface area (Å²) in [6.45, 7) is 5.04. The van der Waals surface area contributed by atoms with Crippen LogP contribution in [-0.4, -0.2) is 26.7 Å². The van der Waals surface area contributed by atoms with Gasteiger partial charge in [0.15, 0.2) is 11.5 Å². The summed E-state index contributed by atoms with van der Waals surface area (Å²) in [5.41, 5.74) is 0.804. The molecule has 0 saturated carbocycles. The number of rotatable bonds is 6. The predicted octanol–water partition coefficient (Wildman–Crippen LogP) is 2.08. The number of benzene rings is 1. The van der Waals surface area contributed by atoms with Gasteiger partial charge in [0, 0.05) is 18.3 Å². The highest BCUT2D eigenvalue weighted by molar-refractivity contribution is 5.76. The SMILES string of the molecule is CCOc1ccc(N(C=O)CC)cc1OC. The summed E-state index contributed by atoms with van der Waals surface area (Å²) in [4.78, 5) is 12.4. The van der Waals surface area contributed by atoms with Crippen molar-refractivity contribution in [3.05, 3.63) is 18.2 Å². The topological polar surface area (TPSA) is 38.8 Å². The Kier molecular flexibility index (Phi) is 4.64. The van der Waals surface area contributed by atoms with E-state index in [-0.39, 0.29) is 0 Å². The molecule has 0 atom stereocenters. The van der Waals surface area contributed by atoms with E-state index < -0.39 is 0 Å². The van der Waals surface area contributed by atoms with Crippen LogP contribution in [0.1, 0.15) is 13.8 Å². The zero-order chi connectivity index (χ0) is 12.0. The van der Waals surface area contributed by atoms with Gasteiger partial charge in [0.2, 0.25) is 6.41 Å². The van der Waals surface area contributed by atoms with Crippen LogP contribution in [0.3, 0.4) is 0 Å². The molecule has 4 nitrogen and oxygen atoms in total. The van der Waals surface area contributed by atoms with Crippen LogP contribution in [0.15, 0.2) is 18.2 Å². The quantitative estimate of drug-likeness (QED) is 0.693. The van der Waals surface area contributed by atoms with Crippen LogP contribution in [0.5, 0.6) is 11.5 Å². The molecular formula is C12H17NO3.